The SMILES string of the molecule is CCCc1ccc(N=C(C)N)c(C)c1.NC=O. The molecule has 0 aromatic heterocycles. The van der Waals surface area contributed by atoms with Crippen LogP contribution in [-0.4, -0.2) is 12.2 Å². The molecule has 0 spiro atoms. The summed E-state index contributed by atoms with van der Waals surface area (Å²) in [5.41, 5.74) is 13.3. The van der Waals surface area contributed by atoms with Gasteiger partial charge in [0.05, 0.1) is 11.5 Å². The molecule has 1 aromatic carbocycles. The quantitative estimate of drug-likeness (QED) is 0.477. The van der Waals surface area contributed by atoms with Crippen molar-refractivity contribution in [3.05, 3.63) is 29.3 Å². The standard InChI is InChI=1S/C12H18N2.CH3NO/c1-4-5-11-6-7-12(9(2)8-11)14-10(3)13;2-1-3/h6-8H,4-5H2,1-3H3,(H2,13,14);1H,(H2,2,3). The van der Waals surface area contributed by atoms with Gasteiger partial charge in [0.15, 0.2) is 0 Å². The molecule has 4 nitrogen and oxygen atoms in total. The second kappa shape index (κ2) is 8.33. The molecule has 0 fully saturated rings. The van der Waals surface area contributed by atoms with Crippen LogP contribution in [0, 0.1) is 6.92 Å². The van der Waals surface area contributed by atoms with E-state index in [9.17, 15) is 0 Å². The first-order chi connectivity index (χ1) is 8.04. The maximum Gasteiger partial charge on any atom is 0.204 e. The minimum absolute atomic E-state index is 0.250. The van der Waals surface area contributed by atoms with E-state index in [1.807, 2.05) is 6.07 Å². The van der Waals surface area contributed by atoms with E-state index in [-0.39, 0.29) is 6.41 Å². The summed E-state index contributed by atoms with van der Waals surface area (Å²) >= 11 is 0. The Bertz CT molecular complexity index is 382. The molecular weight excluding hydrogens is 214 g/mol. The topological polar surface area (TPSA) is 81.5 Å². The van der Waals surface area contributed by atoms with Crippen molar-refractivity contribution in [3.63, 3.8) is 0 Å². The van der Waals surface area contributed by atoms with Gasteiger partial charge in [0, 0.05) is 0 Å². The lowest BCUT2D eigenvalue weighted by Gasteiger charge is -2.04. The Morgan fingerprint density at radius 2 is 2.06 bits per heavy atom. The molecule has 1 rings (SSSR count). The van der Waals surface area contributed by atoms with Gasteiger partial charge in [0.1, 0.15) is 0 Å². The van der Waals surface area contributed by atoms with Crippen molar-refractivity contribution < 1.29 is 4.79 Å². The molecule has 0 heterocycles. The first-order valence-corrected chi connectivity index (χ1v) is 5.60. The molecule has 0 unspecified atom stereocenters. The van der Waals surface area contributed by atoms with E-state index in [2.05, 4.69) is 36.7 Å². The lowest BCUT2D eigenvalue weighted by atomic mass is 10.1. The summed E-state index contributed by atoms with van der Waals surface area (Å²) in [6, 6.07) is 6.35. The number of hydrogen-bond acceptors (Lipinski definition) is 2. The molecule has 0 radical (unpaired) electrons. The Balaban J connectivity index is 0.000000770. The van der Waals surface area contributed by atoms with Gasteiger partial charge in [-0.3, -0.25) is 4.79 Å². The zero-order valence-corrected chi connectivity index (χ0v) is 10.7. The number of nitrogens with zero attached hydrogens (tertiary/aromatic N) is 1. The van der Waals surface area contributed by atoms with E-state index in [1.54, 1.807) is 6.92 Å². The number of hydrogen-bond donors (Lipinski definition) is 2. The van der Waals surface area contributed by atoms with E-state index in [1.165, 1.54) is 17.5 Å². The monoisotopic (exact) mass is 235 g/mol. The van der Waals surface area contributed by atoms with Gasteiger partial charge in [0.2, 0.25) is 6.41 Å². The highest BCUT2D eigenvalue weighted by molar-refractivity contribution is 5.81. The summed E-state index contributed by atoms with van der Waals surface area (Å²) in [7, 11) is 0. The molecule has 4 N–H and O–H groups in total. The second-order valence-electron chi connectivity index (χ2n) is 3.76. The molecule has 4 heteroatoms. The number of amidine groups is 1. The van der Waals surface area contributed by atoms with E-state index >= 15 is 0 Å². The molecule has 17 heavy (non-hydrogen) atoms. The van der Waals surface area contributed by atoms with Crippen LogP contribution in [0.25, 0.3) is 0 Å². The Hall–Kier alpha value is -1.84. The number of amides is 1. The molecule has 0 aliphatic rings. The van der Waals surface area contributed by atoms with Gasteiger partial charge in [-0.15, -0.1) is 0 Å². The third kappa shape index (κ3) is 6.35. The predicted molar refractivity (Wildman–Crippen MR) is 72.4 cm³/mol. The predicted octanol–water partition coefficient (Wildman–Crippen LogP) is 2.06. The van der Waals surface area contributed by atoms with E-state index < -0.39 is 0 Å². The Kier molecular flexibility index (Phi) is 7.43. The largest absolute Gasteiger partial charge is 0.387 e. The molecule has 0 aliphatic heterocycles. The van der Waals surface area contributed by atoms with Crippen molar-refractivity contribution in [2.75, 3.05) is 0 Å². The summed E-state index contributed by atoms with van der Waals surface area (Å²) in [5, 5.41) is 0. The highest BCUT2D eigenvalue weighted by Gasteiger charge is 1.98. The fraction of sp³-hybridized carbons (Fsp3) is 0.385. The van der Waals surface area contributed by atoms with Gasteiger partial charge < -0.3 is 11.5 Å². The van der Waals surface area contributed by atoms with Crippen LogP contribution in [0.3, 0.4) is 0 Å². The summed E-state index contributed by atoms with van der Waals surface area (Å²) in [4.78, 5) is 12.8. The van der Waals surface area contributed by atoms with Gasteiger partial charge in [-0.05, 0) is 37.5 Å². The zero-order chi connectivity index (χ0) is 13.3. The maximum atomic E-state index is 8.58. The first kappa shape index (κ1) is 15.2. The normalized spacial score (nSPS) is 10.4. The van der Waals surface area contributed by atoms with Crippen molar-refractivity contribution in [1.29, 1.82) is 0 Å². The number of aliphatic imine (C=N–C) groups is 1. The van der Waals surface area contributed by atoms with Gasteiger partial charge >= 0.3 is 0 Å². The van der Waals surface area contributed by atoms with Gasteiger partial charge in [-0.1, -0.05) is 25.5 Å². The molecule has 0 saturated heterocycles. The summed E-state index contributed by atoms with van der Waals surface area (Å²) in [6.45, 7) is 6.06. The van der Waals surface area contributed by atoms with Crippen molar-refractivity contribution in [2.24, 2.45) is 16.5 Å². The van der Waals surface area contributed by atoms with Crippen LogP contribution in [0.15, 0.2) is 23.2 Å². The number of primary amides is 1. The molecule has 0 bridgehead atoms. The third-order valence-corrected chi connectivity index (χ3v) is 2.10. The highest BCUT2D eigenvalue weighted by atomic mass is 16.1. The van der Waals surface area contributed by atoms with Gasteiger partial charge in [-0.25, -0.2) is 4.99 Å². The first-order valence-electron chi connectivity index (χ1n) is 5.60. The molecule has 0 atom stereocenters. The average Bonchev–Trinajstić information content (AvgIpc) is 2.23. The van der Waals surface area contributed by atoms with Crippen LogP contribution >= 0.6 is 0 Å². The van der Waals surface area contributed by atoms with Crippen LogP contribution in [0.5, 0.6) is 0 Å². The number of rotatable bonds is 3. The number of nitrogens with two attached hydrogens (primary N) is 2. The lowest BCUT2D eigenvalue weighted by molar-refractivity contribution is -0.106. The van der Waals surface area contributed by atoms with Crippen LogP contribution in [0.2, 0.25) is 0 Å². The Morgan fingerprint density at radius 3 is 2.47 bits per heavy atom. The van der Waals surface area contributed by atoms with E-state index in [0.29, 0.717) is 5.84 Å². The van der Waals surface area contributed by atoms with E-state index in [0.717, 1.165) is 12.1 Å². The number of aryl methyl sites for hydroxylation is 2. The lowest BCUT2D eigenvalue weighted by Crippen LogP contribution is -2.04. The van der Waals surface area contributed by atoms with Crippen molar-refractivity contribution >= 4 is 17.9 Å². The van der Waals surface area contributed by atoms with Crippen LogP contribution in [-0.2, 0) is 11.2 Å². The molecule has 1 aromatic rings. The summed E-state index contributed by atoms with van der Waals surface area (Å²) in [6.07, 6.45) is 2.56. The molecule has 0 aliphatic carbocycles. The summed E-state index contributed by atoms with van der Waals surface area (Å²) < 4.78 is 0. The molecular formula is C13H21N3O. The smallest absolute Gasteiger partial charge is 0.204 e. The third-order valence-electron chi connectivity index (χ3n) is 2.10. The van der Waals surface area contributed by atoms with Gasteiger partial charge in [0.25, 0.3) is 0 Å². The molecule has 1 amide bonds. The fourth-order valence-electron chi connectivity index (χ4n) is 1.48. The summed E-state index contributed by atoms with van der Waals surface area (Å²) in [5.74, 6) is 0.608. The molecule has 94 valence electrons. The van der Waals surface area contributed by atoms with Crippen LogP contribution in [0.1, 0.15) is 31.4 Å². The maximum absolute atomic E-state index is 8.58. The Morgan fingerprint density at radius 1 is 1.47 bits per heavy atom. The van der Waals surface area contributed by atoms with Crippen LogP contribution in [0.4, 0.5) is 5.69 Å². The van der Waals surface area contributed by atoms with Gasteiger partial charge in [-0.2, -0.15) is 0 Å². The molecule has 0 saturated carbocycles. The number of benzene rings is 1. The minimum Gasteiger partial charge on any atom is -0.387 e. The zero-order valence-electron chi connectivity index (χ0n) is 10.7. The minimum atomic E-state index is 0.250. The van der Waals surface area contributed by atoms with Crippen molar-refractivity contribution in [3.8, 4) is 0 Å². The average molecular weight is 235 g/mol. The van der Waals surface area contributed by atoms with Crippen LogP contribution < -0.4 is 11.5 Å². The number of carbonyl (C=O) groups is 1. The fourth-order valence-corrected chi connectivity index (χ4v) is 1.48. The number of carbonyl (C=O) groups excluding carboxylic acids is 1. The van der Waals surface area contributed by atoms with E-state index in [4.69, 9.17) is 10.5 Å². The van der Waals surface area contributed by atoms with Crippen molar-refractivity contribution in [2.45, 2.75) is 33.6 Å². The van der Waals surface area contributed by atoms with Crippen molar-refractivity contribution in [1.82, 2.24) is 0 Å². The second-order valence-corrected chi connectivity index (χ2v) is 3.76. The highest BCUT2D eigenvalue weighted by Crippen LogP contribution is 2.20. The Labute approximate surface area is 103 Å².